The van der Waals surface area contributed by atoms with Gasteiger partial charge in [0.25, 0.3) is 5.91 Å². The van der Waals surface area contributed by atoms with Crippen LogP contribution in [-0.4, -0.2) is 53.0 Å². The van der Waals surface area contributed by atoms with E-state index in [1.165, 1.54) is 0 Å². The molecule has 1 amide bonds. The SMILES string of the molecule is CN1CCC(Nc2ccc(C(=O)Nc3cc(-c4cccc5c4OC(C)(C)O5)n[nH]3)cc2)CC1. The third-order valence-electron chi connectivity index (χ3n) is 6.02. The molecule has 0 bridgehead atoms. The number of aromatic amines is 1. The van der Waals surface area contributed by atoms with Gasteiger partial charge in [-0.3, -0.25) is 9.89 Å². The largest absolute Gasteiger partial charge is 0.449 e. The van der Waals surface area contributed by atoms with Crippen molar-refractivity contribution in [3.63, 3.8) is 0 Å². The van der Waals surface area contributed by atoms with Crippen LogP contribution in [0.2, 0.25) is 0 Å². The Kier molecular flexibility index (Phi) is 5.46. The number of ether oxygens (including phenoxy) is 2. The van der Waals surface area contributed by atoms with Crippen LogP contribution in [0, 0.1) is 0 Å². The minimum Gasteiger partial charge on any atom is -0.449 e. The molecular weight excluding hydrogens is 418 g/mol. The van der Waals surface area contributed by atoms with Gasteiger partial charge in [-0.1, -0.05) is 6.07 Å². The maximum Gasteiger partial charge on any atom is 0.256 e. The number of carbonyl (C=O) groups excluding carboxylic acids is 1. The Morgan fingerprint density at radius 3 is 2.64 bits per heavy atom. The maximum atomic E-state index is 12.7. The molecule has 33 heavy (non-hydrogen) atoms. The second kappa shape index (κ2) is 8.44. The van der Waals surface area contributed by atoms with E-state index >= 15 is 0 Å². The summed E-state index contributed by atoms with van der Waals surface area (Å²) in [5.74, 6) is 0.925. The van der Waals surface area contributed by atoms with Crippen LogP contribution in [0.4, 0.5) is 11.5 Å². The maximum absolute atomic E-state index is 12.7. The van der Waals surface area contributed by atoms with Gasteiger partial charge >= 0.3 is 0 Å². The number of benzene rings is 2. The average molecular weight is 448 g/mol. The summed E-state index contributed by atoms with van der Waals surface area (Å²) >= 11 is 0. The summed E-state index contributed by atoms with van der Waals surface area (Å²) in [6.45, 7) is 5.93. The van der Waals surface area contributed by atoms with Crippen molar-refractivity contribution < 1.29 is 14.3 Å². The van der Waals surface area contributed by atoms with Crippen molar-refractivity contribution in [2.24, 2.45) is 0 Å². The zero-order chi connectivity index (χ0) is 23.0. The lowest BCUT2D eigenvalue weighted by Gasteiger charge is -2.30. The topological polar surface area (TPSA) is 91.5 Å². The van der Waals surface area contributed by atoms with Gasteiger partial charge in [-0.25, -0.2) is 0 Å². The van der Waals surface area contributed by atoms with Gasteiger partial charge < -0.3 is 25.0 Å². The van der Waals surface area contributed by atoms with Crippen LogP contribution in [0.3, 0.4) is 0 Å². The first-order valence-corrected chi connectivity index (χ1v) is 11.3. The molecule has 3 heterocycles. The van der Waals surface area contributed by atoms with E-state index in [0.29, 0.717) is 34.6 Å². The average Bonchev–Trinajstić information content (AvgIpc) is 3.38. The molecule has 1 aromatic heterocycles. The van der Waals surface area contributed by atoms with Gasteiger partial charge in [0, 0.05) is 42.8 Å². The third kappa shape index (κ3) is 4.66. The molecule has 5 rings (SSSR count). The summed E-state index contributed by atoms with van der Waals surface area (Å²) in [5.41, 5.74) is 3.09. The predicted molar refractivity (Wildman–Crippen MR) is 128 cm³/mol. The van der Waals surface area contributed by atoms with Crippen molar-refractivity contribution in [1.82, 2.24) is 15.1 Å². The van der Waals surface area contributed by atoms with Crippen molar-refractivity contribution in [1.29, 1.82) is 0 Å². The van der Waals surface area contributed by atoms with Gasteiger partial charge in [0.2, 0.25) is 5.79 Å². The van der Waals surface area contributed by atoms with E-state index in [1.807, 2.05) is 56.3 Å². The molecule has 2 aliphatic heterocycles. The molecule has 2 aliphatic rings. The number of anilines is 2. The van der Waals surface area contributed by atoms with E-state index in [1.54, 1.807) is 6.07 Å². The van der Waals surface area contributed by atoms with E-state index in [0.717, 1.165) is 37.2 Å². The van der Waals surface area contributed by atoms with E-state index in [-0.39, 0.29) is 5.91 Å². The summed E-state index contributed by atoms with van der Waals surface area (Å²) in [5, 5.41) is 13.7. The second-order valence-corrected chi connectivity index (χ2v) is 9.16. The fourth-order valence-electron chi connectivity index (χ4n) is 4.26. The number of H-pyrrole nitrogens is 1. The minimum absolute atomic E-state index is 0.199. The lowest BCUT2D eigenvalue weighted by Crippen LogP contribution is -2.36. The standard InChI is InChI=1S/C25H29N5O3/c1-25(2)32-21-6-4-5-19(23(21)33-25)20-15-22(29-28-20)27-24(31)16-7-9-17(10-8-16)26-18-11-13-30(3)14-12-18/h4-10,15,18,26H,11-14H2,1-3H3,(H2,27,28,29,31). The van der Waals surface area contributed by atoms with E-state index in [9.17, 15) is 4.79 Å². The first-order chi connectivity index (χ1) is 15.9. The van der Waals surface area contributed by atoms with E-state index < -0.39 is 5.79 Å². The van der Waals surface area contributed by atoms with Gasteiger partial charge in [-0.05, 0) is 69.4 Å². The second-order valence-electron chi connectivity index (χ2n) is 9.16. The summed E-state index contributed by atoms with van der Waals surface area (Å²) in [6, 6.07) is 15.5. The number of piperidine rings is 1. The van der Waals surface area contributed by atoms with Crippen molar-refractivity contribution in [2.75, 3.05) is 30.8 Å². The molecule has 1 saturated heterocycles. The quantitative estimate of drug-likeness (QED) is 0.539. The molecule has 0 radical (unpaired) electrons. The number of aromatic nitrogens is 2. The Balaban J connectivity index is 1.23. The summed E-state index contributed by atoms with van der Waals surface area (Å²) < 4.78 is 11.7. The number of nitrogens with zero attached hydrogens (tertiary/aromatic N) is 2. The number of para-hydroxylation sites is 1. The number of amides is 1. The Morgan fingerprint density at radius 1 is 1.12 bits per heavy atom. The number of rotatable bonds is 5. The molecule has 3 N–H and O–H groups in total. The smallest absolute Gasteiger partial charge is 0.256 e. The Bertz CT molecular complexity index is 1150. The molecule has 0 unspecified atom stereocenters. The first-order valence-electron chi connectivity index (χ1n) is 11.3. The van der Waals surface area contributed by atoms with Gasteiger partial charge in [-0.2, -0.15) is 5.10 Å². The number of nitrogens with one attached hydrogen (secondary N) is 3. The highest BCUT2D eigenvalue weighted by Gasteiger charge is 2.34. The molecule has 0 aliphatic carbocycles. The highest BCUT2D eigenvalue weighted by molar-refractivity contribution is 6.04. The molecule has 1 fully saturated rings. The number of hydrogen-bond donors (Lipinski definition) is 3. The van der Waals surface area contributed by atoms with Crippen LogP contribution in [0.25, 0.3) is 11.3 Å². The summed E-state index contributed by atoms with van der Waals surface area (Å²) in [4.78, 5) is 15.1. The lowest BCUT2D eigenvalue weighted by molar-refractivity contribution is -0.0429. The van der Waals surface area contributed by atoms with Gasteiger partial charge in [0.05, 0.1) is 5.69 Å². The fourth-order valence-corrected chi connectivity index (χ4v) is 4.26. The van der Waals surface area contributed by atoms with Crippen molar-refractivity contribution in [3.05, 3.63) is 54.1 Å². The highest BCUT2D eigenvalue weighted by Crippen LogP contribution is 2.45. The van der Waals surface area contributed by atoms with Crippen LogP contribution in [0.1, 0.15) is 37.0 Å². The highest BCUT2D eigenvalue weighted by atomic mass is 16.7. The zero-order valence-corrected chi connectivity index (χ0v) is 19.1. The third-order valence-corrected chi connectivity index (χ3v) is 6.02. The van der Waals surface area contributed by atoms with Crippen LogP contribution in [-0.2, 0) is 0 Å². The van der Waals surface area contributed by atoms with Crippen molar-refractivity contribution in [2.45, 2.75) is 38.5 Å². The first kappa shape index (κ1) is 21.3. The van der Waals surface area contributed by atoms with E-state index in [2.05, 4.69) is 32.8 Å². The Morgan fingerprint density at radius 2 is 1.88 bits per heavy atom. The molecule has 3 aromatic rings. The molecule has 172 valence electrons. The van der Waals surface area contributed by atoms with Gasteiger partial charge in [0.15, 0.2) is 11.5 Å². The van der Waals surface area contributed by atoms with Crippen LogP contribution < -0.4 is 20.1 Å². The summed E-state index contributed by atoms with van der Waals surface area (Å²) in [6.07, 6.45) is 2.25. The normalized spacial score (nSPS) is 17.7. The summed E-state index contributed by atoms with van der Waals surface area (Å²) in [7, 11) is 2.15. The molecule has 2 aromatic carbocycles. The Hall–Kier alpha value is -3.52. The molecule has 0 atom stereocenters. The fraction of sp³-hybridized carbons (Fsp3) is 0.360. The van der Waals surface area contributed by atoms with Crippen LogP contribution in [0.15, 0.2) is 48.5 Å². The van der Waals surface area contributed by atoms with Gasteiger partial charge in [-0.15, -0.1) is 0 Å². The van der Waals surface area contributed by atoms with Crippen LogP contribution >= 0.6 is 0 Å². The molecule has 8 heteroatoms. The Labute approximate surface area is 193 Å². The minimum atomic E-state index is -0.722. The predicted octanol–water partition coefficient (Wildman–Crippen LogP) is 4.34. The molecular formula is C25H29N5O3. The zero-order valence-electron chi connectivity index (χ0n) is 19.1. The number of fused-ring (bicyclic) bond motifs is 1. The van der Waals surface area contributed by atoms with Crippen LogP contribution in [0.5, 0.6) is 11.5 Å². The van der Waals surface area contributed by atoms with Gasteiger partial charge in [0.1, 0.15) is 5.82 Å². The van der Waals surface area contributed by atoms with Crippen molar-refractivity contribution >= 4 is 17.4 Å². The number of likely N-dealkylation sites (tertiary alicyclic amines) is 1. The molecule has 8 nitrogen and oxygen atoms in total. The lowest BCUT2D eigenvalue weighted by atomic mass is 10.0. The van der Waals surface area contributed by atoms with E-state index in [4.69, 9.17) is 9.47 Å². The molecule has 0 spiro atoms. The molecule has 0 saturated carbocycles. The van der Waals surface area contributed by atoms with Crippen molar-refractivity contribution in [3.8, 4) is 22.8 Å². The number of carbonyl (C=O) groups is 1. The number of hydrogen-bond acceptors (Lipinski definition) is 6. The monoisotopic (exact) mass is 447 g/mol.